The predicted molar refractivity (Wildman–Crippen MR) is 78.9 cm³/mol. The normalized spacial score (nSPS) is 13.4. The molecule has 0 aliphatic heterocycles. The summed E-state index contributed by atoms with van der Waals surface area (Å²) in [6.45, 7) is 1.75. The fourth-order valence-corrected chi connectivity index (χ4v) is 2.28. The molecule has 0 radical (unpaired) electrons. The van der Waals surface area contributed by atoms with Gasteiger partial charge in [0.05, 0.1) is 24.3 Å². The Labute approximate surface area is 123 Å². The number of hydrogen-bond acceptors (Lipinski definition) is 3. The monoisotopic (exact) mass is 284 g/mol. The van der Waals surface area contributed by atoms with Gasteiger partial charge in [-0.05, 0) is 24.6 Å². The van der Waals surface area contributed by atoms with Gasteiger partial charge >= 0.3 is 0 Å². The van der Waals surface area contributed by atoms with Crippen LogP contribution in [0, 0.1) is 17.1 Å². The molecule has 0 heterocycles. The van der Waals surface area contributed by atoms with Gasteiger partial charge in [0, 0.05) is 11.6 Å². The fourth-order valence-electron chi connectivity index (χ4n) is 2.28. The van der Waals surface area contributed by atoms with Crippen molar-refractivity contribution in [3.8, 4) is 6.07 Å². The van der Waals surface area contributed by atoms with Gasteiger partial charge in [-0.2, -0.15) is 5.26 Å². The number of rotatable bonds is 5. The Hall–Kier alpha value is -2.22. The van der Waals surface area contributed by atoms with Crippen molar-refractivity contribution < 1.29 is 9.50 Å². The molecule has 2 N–H and O–H groups in total. The fraction of sp³-hybridized carbons (Fsp3) is 0.235. The van der Waals surface area contributed by atoms with E-state index in [4.69, 9.17) is 5.26 Å². The summed E-state index contributed by atoms with van der Waals surface area (Å²) in [5, 5.41) is 21.5. The summed E-state index contributed by atoms with van der Waals surface area (Å²) in [7, 11) is 0. The van der Waals surface area contributed by atoms with E-state index in [1.165, 1.54) is 6.07 Å². The molecule has 21 heavy (non-hydrogen) atoms. The average Bonchev–Trinajstić information content (AvgIpc) is 2.53. The molecule has 2 atom stereocenters. The minimum absolute atomic E-state index is 0.0771. The van der Waals surface area contributed by atoms with Crippen molar-refractivity contribution in [3.05, 3.63) is 71.0 Å². The van der Waals surface area contributed by atoms with Crippen LogP contribution in [-0.2, 0) is 0 Å². The van der Waals surface area contributed by atoms with Gasteiger partial charge in [0.15, 0.2) is 0 Å². The second-order valence-corrected chi connectivity index (χ2v) is 4.88. The molecule has 0 aliphatic rings. The Morgan fingerprint density at radius 1 is 1.24 bits per heavy atom. The number of nitriles is 1. The number of aliphatic hydroxyl groups excluding tert-OH is 1. The molecular formula is C17H17FN2O. The zero-order valence-corrected chi connectivity index (χ0v) is 11.8. The number of benzene rings is 2. The quantitative estimate of drug-likeness (QED) is 0.887. The van der Waals surface area contributed by atoms with Crippen molar-refractivity contribution in [2.45, 2.75) is 19.0 Å². The summed E-state index contributed by atoms with van der Waals surface area (Å²) in [4.78, 5) is 0. The Morgan fingerprint density at radius 2 is 1.95 bits per heavy atom. The third-order valence-corrected chi connectivity index (χ3v) is 3.43. The molecule has 0 fully saturated rings. The topological polar surface area (TPSA) is 56.0 Å². The largest absolute Gasteiger partial charge is 0.394 e. The van der Waals surface area contributed by atoms with Crippen molar-refractivity contribution in [2.75, 3.05) is 6.61 Å². The van der Waals surface area contributed by atoms with E-state index < -0.39 is 5.82 Å². The maximum absolute atomic E-state index is 14.0. The lowest BCUT2D eigenvalue weighted by molar-refractivity contribution is 0.234. The number of nitrogens with zero attached hydrogens (tertiary/aromatic N) is 1. The summed E-state index contributed by atoms with van der Waals surface area (Å²) in [5.74, 6) is -0.418. The van der Waals surface area contributed by atoms with Gasteiger partial charge in [0.2, 0.25) is 0 Å². The van der Waals surface area contributed by atoms with E-state index in [9.17, 15) is 9.50 Å². The van der Waals surface area contributed by atoms with E-state index in [0.717, 1.165) is 5.56 Å². The van der Waals surface area contributed by atoms with Crippen LogP contribution < -0.4 is 5.32 Å². The smallest absolute Gasteiger partial charge is 0.129 e. The van der Waals surface area contributed by atoms with Crippen LogP contribution >= 0.6 is 0 Å². The van der Waals surface area contributed by atoms with Crippen molar-refractivity contribution in [1.29, 1.82) is 5.26 Å². The van der Waals surface area contributed by atoms with E-state index in [-0.39, 0.29) is 18.7 Å². The van der Waals surface area contributed by atoms with Crippen LogP contribution in [-0.4, -0.2) is 11.7 Å². The highest BCUT2D eigenvalue weighted by atomic mass is 19.1. The van der Waals surface area contributed by atoms with Crippen molar-refractivity contribution in [2.24, 2.45) is 0 Å². The molecular weight excluding hydrogens is 267 g/mol. The number of nitrogens with one attached hydrogen (secondary N) is 1. The third-order valence-electron chi connectivity index (χ3n) is 3.43. The Kier molecular flexibility index (Phi) is 5.04. The first-order valence-electron chi connectivity index (χ1n) is 6.77. The molecule has 0 aromatic heterocycles. The third kappa shape index (κ3) is 3.66. The molecule has 4 heteroatoms. The first-order valence-corrected chi connectivity index (χ1v) is 6.77. The Balaban J connectivity index is 2.17. The van der Waals surface area contributed by atoms with Gasteiger partial charge in [-0.15, -0.1) is 0 Å². The van der Waals surface area contributed by atoms with Gasteiger partial charge in [-0.3, -0.25) is 0 Å². The Morgan fingerprint density at radius 3 is 2.52 bits per heavy atom. The van der Waals surface area contributed by atoms with E-state index in [1.54, 1.807) is 12.1 Å². The van der Waals surface area contributed by atoms with E-state index in [1.807, 2.05) is 43.3 Å². The minimum Gasteiger partial charge on any atom is -0.394 e. The van der Waals surface area contributed by atoms with Crippen LogP contribution in [0.3, 0.4) is 0 Å². The average molecular weight is 284 g/mol. The number of aliphatic hydroxyl groups is 1. The maximum atomic E-state index is 14.0. The second-order valence-electron chi connectivity index (χ2n) is 4.88. The molecule has 3 nitrogen and oxygen atoms in total. The first kappa shape index (κ1) is 15.2. The summed E-state index contributed by atoms with van der Waals surface area (Å²) >= 11 is 0. The zero-order valence-electron chi connectivity index (χ0n) is 11.8. The molecule has 2 aromatic carbocycles. The molecule has 0 amide bonds. The van der Waals surface area contributed by atoms with E-state index in [0.29, 0.717) is 11.1 Å². The molecule has 0 bridgehead atoms. The molecule has 2 unspecified atom stereocenters. The van der Waals surface area contributed by atoms with Crippen molar-refractivity contribution in [1.82, 2.24) is 5.32 Å². The lowest BCUT2D eigenvalue weighted by atomic mass is 10.0. The number of hydrogen-bond donors (Lipinski definition) is 2. The zero-order chi connectivity index (χ0) is 15.2. The van der Waals surface area contributed by atoms with Crippen LogP contribution in [0.15, 0.2) is 48.5 Å². The SMILES string of the molecule is CC(NC(CO)c1ccccc1)c1ccc(C#N)cc1F. The van der Waals surface area contributed by atoms with Gasteiger partial charge in [0.25, 0.3) is 0 Å². The van der Waals surface area contributed by atoms with Crippen LogP contribution in [0.4, 0.5) is 4.39 Å². The molecule has 0 saturated carbocycles. The summed E-state index contributed by atoms with van der Waals surface area (Å²) in [6.07, 6.45) is 0. The highest BCUT2D eigenvalue weighted by Crippen LogP contribution is 2.22. The summed E-state index contributed by atoms with van der Waals surface area (Å²) in [5.41, 5.74) is 1.72. The lowest BCUT2D eigenvalue weighted by Crippen LogP contribution is -2.27. The second kappa shape index (κ2) is 6.98. The standard InChI is InChI=1S/C17H17FN2O/c1-12(15-8-7-13(10-19)9-16(15)18)20-17(11-21)14-5-3-2-4-6-14/h2-9,12,17,20-21H,11H2,1H3. The van der Waals surface area contributed by atoms with Crippen LogP contribution in [0.5, 0.6) is 0 Å². The predicted octanol–water partition coefficient (Wildman–Crippen LogP) is 3.08. The molecule has 0 aliphatic carbocycles. The van der Waals surface area contributed by atoms with E-state index >= 15 is 0 Å². The summed E-state index contributed by atoms with van der Waals surface area (Å²) in [6, 6.07) is 15.3. The molecule has 2 aromatic rings. The highest BCUT2D eigenvalue weighted by Gasteiger charge is 2.17. The van der Waals surface area contributed by atoms with Crippen LogP contribution in [0.1, 0.15) is 35.7 Å². The lowest BCUT2D eigenvalue weighted by Gasteiger charge is -2.22. The van der Waals surface area contributed by atoms with Crippen LogP contribution in [0.2, 0.25) is 0 Å². The van der Waals surface area contributed by atoms with Gasteiger partial charge in [-0.25, -0.2) is 4.39 Å². The van der Waals surface area contributed by atoms with E-state index in [2.05, 4.69) is 5.32 Å². The first-order chi connectivity index (χ1) is 10.2. The maximum Gasteiger partial charge on any atom is 0.129 e. The van der Waals surface area contributed by atoms with Crippen molar-refractivity contribution in [3.63, 3.8) is 0 Å². The highest BCUT2D eigenvalue weighted by molar-refractivity contribution is 5.34. The molecule has 0 saturated heterocycles. The van der Waals surface area contributed by atoms with Gasteiger partial charge in [0.1, 0.15) is 5.82 Å². The van der Waals surface area contributed by atoms with Crippen molar-refractivity contribution >= 4 is 0 Å². The summed E-state index contributed by atoms with van der Waals surface area (Å²) < 4.78 is 14.0. The molecule has 2 rings (SSSR count). The minimum atomic E-state index is -0.418. The van der Waals surface area contributed by atoms with Crippen LogP contribution in [0.25, 0.3) is 0 Å². The Bertz CT molecular complexity index is 637. The van der Waals surface area contributed by atoms with Gasteiger partial charge in [-0.1, -0.05) is 36.4 Å². The molecule has 108 valence electrons. The number of halogens is 1. The van der Waals surface area contributed by atoms with Gasteiger partial charge < -0.3 is 10.4 Å². The molecule has 0 spiro atoms.